The van der Waals surface area contributed by atoms with Gasteiger partial charge in [-0.2, -0.15) is 0 Å². The third kappa shape index (κ3) is 4.84. The second-order valence-corrected chi connectivity index (χ2v) is 11.0. The molecule has 36 heavy (non-hydrogen) atoms. The van der Waals surface area contributed by atoms with Crippen LogP contribution in [0.1, 0.15) is 84.6 Å². The summed E-state index contributed by atoms with van der Waals surface area (Å²) in [7, 11) is 0. The van der Waals surface area contributed by atoms with Crippen LogP contribution < -0.4 is 5.32 Å². The number of fused-ring (bicyclic) bond motifs is 3. The molecule has 2 aromatic carbocycles. The Morgan fingerprint density at radius 1 is 1.11 bits per heavy atom. The van der Waals surface area contributed by atoms with E-state index in [1.165, 1.54) is 16.7 Å². The van der Waals surface area contributed by atoms with Crippen molar-refractivity contribution in [2.75, 3.05) is 5.32 Å². The number of aromatic nitrogens is 1. The molecular formula is C32H38N2O2. The number of hydrogen-bond acceptors (Lipinski definition) is 3. The van der Waals surface area contributed by atoms with Crippen molar-refractivity contribution in [2.24, 2.45) is 5.92 Å². The Kier molecular flexibility index (Phi) is 6.98. The van der Waals surface area contributed by atoms with E-state index >= 15 is 0 Å². The zero-order valence-corrected chi connectivity index (χ0v) is 21.6. The van der Waals surface area contributed by atoms with Gasteiger partial charge in [0.1, 0.15) is 0 Å². The van der Waals surface area contributed by atoms with E-state index in [0.29, 0.717) is 11.5 Å². The van der Waals surface area contributed by atoms with Crippen molar-refractivity contribution in [2.45, 2.75) is 82.7 Å². The Labute approximate surface area is 215 Å². The van der Waals surface area contributed by atoms with Gasteiger partial charge in [0.05, 0.1) is 17.0 Å². The molecule has 1 fully saturated rings. The normalized spacial score (nSPS) is 25.4. The number of carbonyl (C=O) groups is 1. The van der Waals surface area contributed by atoms with Crippen LogP contribution in [0.25, 0.3) is 0 Å². The fraction of sp³-hybridized carbons (Fsp3) is 0.438. The van der Waals surface area contributed by atoms with Gasteiger partial charge < -0.3 is 10.4 Å². The fourth-order valence-corrected chi connectivity index (χ4v) is 6.97. The molecule has 0 spiro atoms. The molecule has 3 atom stereocenters. The minimum Gasteiger partial charge on any atom is -0.390 e. The smallest absolute Gasteiger partial charge is 0.255 e. The first-order valence-corrected chi connectivity index (χ1v) is 13.6. The van der Waals surface area contributed by atoms with Crippen LogP contribution in [0.4, 0.5) is 5.69 Å². The van der Waals surface area contributed by atoms with Gasteiger partial charge in [0.2, 0.25) is 0 Å². The molecule has 1 aromatic heterocycles. The van der Waals surface area contributed by atoms with Gasteiger partial charge in [0, 0.05) is 18.2 Å². The van der Waals surface area contributed by atoms with Gasteiger partial charge in [-0.15, -0.1) is 0 Å². The molecule has 5 rings (SSSR count). The monoisotopic (exact) mass is 482 g/mol. The summed E-state index contributed by atoms with van der Waals surface area (Å²) >= 11 is 0. The van der Waals surface area contributed by atoms with E-state index in [2.05, 4.69) is 53.6 Å². The Morgan fingerprint density at radius 3 is 2.72 bits per heavy atom. The summed E-state index contributed by atoms with van der Waals surface area (Å²) in [4.78, 5) is 17.4. The predicted molar refractivity (Wildman–Crippen MR) is 145 cm³/mol. The number of aryl methyl sites for hydroxylation is 2. The van der Waals surface area contributed by atoms with Crippen LogP contribution in [0.15, 0.2) is 66.9 Å². The molecule has 0 saturated heterocycles. The molecule has 2 N–H and O–H groups in total. The molecule has 4 heteroatoms. The van der Waals surface area contributed by atoms with Crippen LogP contribution >= 0.6 is 0 Å². The molecular weight excluding hydrogens is 444 g/mol. The molecule has 188 valence electrons. The zero-order chi connectivity index (χ0) is 25.2. The van der Waals surface area contributed by atoms with Gasteiger partial charge in [0.15, 0.2) is 0 Å². The van der Waals surface area contributed by atoms with Crippen molar-refractivity contribution in [1.29, 1.82) is 0 Å². The van der Waals surface area contributed by atoms with Crippen LogP contribution in [0, 0.1) is 12.8 Å². The number of nitrogens with one attached hydrogen (secondary N) is 1. The average molecular weight is 483 g/mol. The standard InChI is InChI=1S/C32H38N2O2/c1-3-16-32-18-17-31(36,21-24-9-5-4-6-10-24)22-27(32)12-7-11-25-20-26(14-15-28(25)32)30(35)34-29-13-8-19-33-23(29)2/h4-6,8-10,13-15,19-20,27,36H,3,7,11-12,16-18,21-22H2,1-2H3,(H,34,35)/t27-,31+,32+/m1/s1. The van der Waals surface area contributed by atoms with E-state index in [-0.39, 0.29) is 11.3 Å². The average Bonchev–Trinajstić information content (AvgIpc) is 3.02. The third-order valence-electron chi connectivity index (χ3n) is 8.67. The first-order chi connectivity index (χ1) is 17.4. The number of amides is 1. The topological polar surface area (TPSA) is 62.2 Å². The number of aliphatic hydroxyl groups is 1. The van der Waals surface area contributed by atoms with Crippen LogP contribution in [-0.2, 0) is 18.3 Å². The summed E-state index contributed by atoms with van der Waals surface area (Å²) in [5, 5.41) is 14.7. The molecule has 3 aromatic rings. The highest BCUT2D eigenvalue weighted by Gasteiger charge is 2.50. The minimum atomic E-state index is -0.644. The van der Waals surface area contributed by atoms with Crippen LogP contribution in [0.3, 0.4) is 0 Å². The maximum atomic E-state index is 13.1. The van der Waals surface area contributed by atoms with Gasteiger partial charge in [0.25, 0.3) is 5.91 Å². The molecule has 0 bridgehead atoms. The molecule has 2 aliphatic carbocycles. The number of pyridine rings is 1. The van der Waals surface area contributed by atoms with Crippen molar-refractivity contribution in [3.63, 3.8) is 0 Å². The van der Waals surface area contributed by atoms with Gasteiger partial charge in [-0.3, -0.25) is 9.78 Å². The quantitative estimate of drug-likeness (QED) is 0.407. The van der Waals surface area contributed by atoms with E-state index in [9.17, 15) is 9.90 Å². The molecule has 0 radical (unpaired) electrons. The van der Waals surface area contributed by atoms with Gasteiger partial charge in [-0.1, -0.05) is 49.7 Å². The lowest BCUT2D eigenvalue weighted by atomic mass is 9.55. The van der Waals surface area contributed by atoms with E-state index in [1.54, 1.807) is 6.20 Å². The maximum absolute atomic E-state index is 13.1. The van der Waals surface area contributed by atoms with Crippen molar-refractivity contribution in [3.8, 4) is 0 Å². The highest BCUT2D eigenvalue weighted by atomic mass is 16.3. The van der Waals surface area contributed by atoms with E-state index in [1.807, 2.05) is 31.2 Å². The van der Waals surface area contributed by atoms with Crippen molar-refractivity contribution < 1.29 is 9.90 Å². The van der Waals surface area contributed by atoms with Crippen molar-refractivity contribution in [1.82, 2.24) is 4.98 Å². The van der Waals surface area contributed by atoms with Crippen LogP contribution in [0.5, 0.6) is 0 Å². The molecule has 2 aliphatic rings. The summed E-state index contributed by atoms with van der Waals surface area (Å²) in [6, 6.07) is 20.5. The van der Waals surface area contributed by atoms with E-state index < -0.39 is 5.60 Å². The number of hydrogen-bond donors (Lipinski definition) is 2. The minimum absolute atomic E-state index is 0.0818. The largest absolute Gasteiger partial charge is 0.390 e. The summed E-state index contributed by atoms with van der Waals surface area (Å²) in [6.07, 6.45) is 10.6. The van der Waals surface area contributed by atoms with Gasteiger partial charge in [-0.25, -0.2) is 0 Å². The van der Waals surface area contributed by atoms with Crippen molar-refractivity contribution >= 4 is 11.6 Å². The first kappa shape index (κ1) is 24.7. The SMILES string of the molecule is CCC[C@]12CC[C@](O)(Cc3ccccc3)C[C@H]1CCCc1cc(C(=O)Nc3cccnc3C)ccc12. The molecule has 0 aliphatic heterocycles. The van der Waals surface area contributed by atoms with Crippen molar-refractivity contribution in [3.05, 3.63) is 94.8 Å². The summed E-state index contributed by atoms with van der Waals surface area (Å²) in [6.45, 7) is 4.18. The van der Waals surface area contributed by atoms with Crippen LogP contribution in [0.2, 0.25) is 0 Å². The Bertz CT molecular complexity index is 1220. The molecule has 1 heterocycles. The van der Waals surface area contributed by atoms with E-state index in [4.69, 9.17) is 0 Å². The first-order valence-electron chi connectivity index (χ1n) is 13.6. The van der Waals surface area contributed by atoms with Crippen LogP contribution in [-0.4, -0.2) is 21.6 Å². The zero-order valence-electron chi connectivity index (χ0n) is 21.6. The van der Waals surface area contributed by atoms with Gasteiger partial charge in [-0.05, 0) is 104 Å². The predicted octanol–water partition coefficient (Wildman–Crippen LogP) is 6.79. The third-order valence-corrected chi connectivity index (χ3v) is 8.67. The number of rotatable bonds is 6. The lowest BCUT2D eigenvalue weighted by Gasteiger charge is -2.50. The van der Waals surface area contributed by atoms with E-state index in [0.717, 1.165) is 69.2 Å². The second kappa shape index (κ2) is 10.2. The number of carbonyl (C=O) groups excluding carboxylic acids is 1. The highest BCUT2D eigenvalue weighted by Crippen LogP contribution is 2.54. The summed E-state index contributed by atoms with van der Waals surface area (Å²) in [5.74, 6) is 0.374. The fourth-order valence-electron chi connectivity index (χ4n) is 6.97. The summed E-state index contributed by atoms with van der Waals surface area (Å²) < 4.78 is 0. The Balaban J connectivity index is 1.42. The van der Waals surface area contributed by atoms with Gasteiger partial charge >= 0.3 is 0 Å². The lowest BCUT2D eigenvalue weighted by Crippen LogP contribution is -2.48. The molecule has 4 nitrogen and oxygen atoms in total. The summed E-state index contributed by atoms with van der Waals surface area (Å²) in [5.41, 5.74) is 5.67. The molecule has 1 saturated carbocycles. The Morgan fingerprint density at radius 2 is 1.94 bits per heavy atom. The number of benzene rings is 2. The lowest BCUT2D eigenvalue weighted by molar-refractivity contribution is -0.0488. The Hall–Kier alpha value is -2.98. The molecule has 0 unspecified atom stereocenters. The highest BCUT2D eigenvalue weighted by molar-refractivity contribution is 6.04. The second-order valence-electron chi connectivity index (χ2n) is 11.0. The molecule has 1 amide bonds. The maximum Gasteiger partial charge on any atom is 0.255 e. The number of anilines is 1. The number of nitrogens with zero attached hydrogens (tertiary/aromatic N) is 1.